The largest absolute Gasteiger partial charge is 0.497 e. The first-order chi connectivity index (χ1) is 8.69. The first kappa shape index (κ1) is 12.2. The molecule has 0 saturated heterocycles. The lowest BCUT2D eigenvalue weighted by atomic mass is 10.1. The number of benzene rings is 2. The zero-order valence-electron chi connectivity index (χ0n) is 10.1. The quantitative estimate of drug-likeness (QED) is 0.895. The van der Waals surface area contributed by atoms with E-state index in [0.29, 0.717) is 17.0 Å². The maximum atomic E-state index is 12.0. The number of hydrogen-bond donors (Lipinski definition) is 1. The average molecular weight is 240 g/mol. The van der Waals surface area contributed by atoms with E-state index < -0.39 is 0 Å². The van der Waals surface area contributed by atoms with E-state index in [2.05, 4.69) is 12.2 Å². The van der Waals surface area contributed by atoms with Gasteiger partial charge < -0.3 is 10.1 Å². The Morgan fingerprint density at radius 2 is 1.89 bits per heavy atom. The summed E-state index contributed by atoms with van der Waals surface area (Å²) in [5.74, 6) is 0.559. The molecule has 0 unspecified atom stereocenters. The summed E-state index contributed by atoms with van der Waals surface area (Å²) in [5.41, 5.74) is 2.19. The number of rotatable bonds is 3. The van der Waals surface area contributed by atoms with Crippen LogP contribution in [-0.2, 0) is 0 Å². The summed E-state index contributed by atoms with van der Waals surface area (Å²) in [6.45, 7) is 3.78. The molecule has 0 aliphatic carbocycles. The zero-order valence-corrected chi connectivity index (χ0v) is 10.1. The SMILES string of the molecule is [CH2]c1ccc(C(=O)Nc2cccc(OC)c2)cc1. The number of carbonyl (C=O) groups is 1. The van der Waals surface area contributed by atoms with Crippen molar-refractivity contribution in [3.63, 3.8) is 0 Å². The van der Waals surface area contributed by atoms with Crippen LogP contribution in [0.5, 0.6) is 5.75 Å². The van der Waals surface area contributed by atoms with Gasteiger partial charge in [-0.25, -0.2) is 0 Å². The normalized spacial score (nSPS) is 9.89. The van der Waals surface area contributed by atoms with E-state index in [1.165, 1.54) is 0 Å². The number of anilines is 1. The fourth-order valence-electron chi connectivity index (χ4n) is 1.56. The number of amides is 1. The molecule has 1 amide bonds. The Morgan fingerprint density at radius 3 is 2.56 bits per heavy atom. The number of carbonyl (C=O) groups excluding carboxylic acids is 1. The molecule has 2 aromatic carbocycles. The Hall–Kier alpha value is -2.29. The summed E-state index contributed by atoms with van der Waals surface area (Å²) in [5, 5.41) is 2.81. The maximum absolute atomic E-state index is 12.0. The molecule has 2 rings (SSSR count). The van der Waals surface area contributed by atoms with Crippen molar-refractivity contribution in [2.24, 2.45) is 0 Å². The van der Waals surface area contributed by atoms with Crippen molar-refractivity contribution in [1.82, 2.24) is 0 Å². The maximum Gasteiger partial charge on any atom is 0.255 e. The van der Waals surface area contributed by atoms with Crippen molar-refractivity contribution in [2.75, 3.05) is 12.4 Å². The molecule has 3 heteroatoms. The summed E-state index contributed by atoms with van der Waals surface area (Å²) in [6.07, 6.45) is 0. The minimum absolute atomic E-state index is 0.150. The summed E-state index contributed by atoms with van der Waals surface area (Å²) >= 11 is 0. The second-order valence-electron chi connectivity index (χ2n) is 3.88. The lowest BCUT2D eigenvalue weighted by Crippen LogP contribution is -2.11. The van der Waals surface area contributed by atoms with Gasteiger partial charge in [-0.05, 0) is 36.8 Å². The molecule has 0 aliphatic rings. The van der Waals surface area contributed by atoms with Gasteiger partial charge >= 0.3 is 0 Å². The summed E-state index contributed by atoms with van der Waals surface area (Å²) in [6, 6.07) is 14.3. The molecular formula is C15H14NO2. The summed E-state index contributed by atoms with van der Waals surface area (Å²) in [4.78, 5) is 12.0. The van der Waals surface area contributed by atoms with Gasteiger partial charge in [-0.1, -0.05) is 18.2 Å². The van der Waals surface area contributed by atoms with Gasteiger partial charge in [0, 0.05) is 17.3 Å². The topological polar surface area (TPSA) is 38.3 Å². The molecule has 0 bridgehead atoms. The highest BCUT2D eigenvalue weighted by Crippen LogP contribution is 2.17. The van der Waals surface area contributed by atoms with Crippen LogP contribution in [0.1, 0.15) is 15.9 Å². The van der Waals surface area contributed by atoms with Crippen LogP contribution in [-0.4, -0.2) is 13.0 Å². The minimum atomic E-state index is -0.150. The van der Waals surface area contributed by atoms with Crippen molar-refractivity contribution in [3.8, 4) is 5.75 Å². The van der Waals surface area contributed by atoms with E-state index in [0.717, 1.165) is 5.56 Å². The van der Waals surface area contributed by atoms with Crippen molar-refractivity contribution in [3.05, 3.63) is 66.6 Å². The number of hydrogen-bond acceptors (Lipinski definition) is 2. The second-order valence-corrected chi connectivity index (χ2v) is 3.88. The van der Waals surface area contributed by atoms with Crippen LogP contribution < -0.4 is 10.1 Å². The Bertz CT molecular complexity index is 547. The van der Waals surface area contributed by atoms with Crippen molar-refractivity contribution < 1.29 is 9.53 Å². The number of nitrogens with one attached hydrogen (secondary N) is 1. The van der Waals surface area contributed by atoms with Gasteiger partial charge in [-0.2, -0.15) is 0 Å². The molecule has 18 heavy (non-hydrogen) atoms. The van der Waals surface area contributed by atoms with E-state index in [4.69, 9.17) is 4.74 Å². The Balaban J connectivity index is 2.13. The highest BCUT2D eigenvalue weighted by atomic mass is 16.5. The van der Waals surface area contributed by atoms with Crippen molar-refractivity contribution in [2.45, 2.75) is 0 Å². The number of methoxy groups -OCH3 is 1. The van der Waals surface area contributed by atoms with Crippen molar-refractivity contribution in [1.29, 1.82) is 0 Å². The predicted molar refractivity (Wildman–Crippen MR) is 71.8 cm³/mol. The zero-order chi connectivity index (χ0) is 13.0. The molecule has 0 fully saturated rings. The van der Waals surface area contributed by atoms with Crippen molar-refractivity contribution >= 4 is 11.6 Å². The van der Waals surface area contributed by atoms with Crippen LogP contribution in [0.2, 0.25) is 0 Å². The van der Waals surface area contributed by atoms with Crippen LogP contribution in [0.4, 0.5) is 5.69 Å². The summed E-state index contributed by atoms with van der Waals surface area (Å²) in [7, 11) is 1.59. The van der Waals surface area contributed by atoms with Crippen LogP contribution in [0.3, 0.4) is 0 Å². The lowest BCUT2D eigenvalue weighted by molar-refractivity contribution is 0.102. The molecule has 1 radical (unpaired) electrons. The molecule has 2 aromatic rings. The fraction of sp³-hybridized carbons (Fsp3) is 0.0667. The fourth-order valence-corrected chi connectivity index (χ4v) is 1.56. The average Bonchev–Trinajstić information content (AvgIpc) is 2.39. The lowest BCUT2D eigenvalue weighted by Gasteiger charge is -2.07. The Labute approximate surface area is 106 Å². The molecule has 91 valence electrons. The molecule has 1 N–H and O–H groups in total. The van der Waals surface area contributed by atoms with Crippen LogP contribution >= 0.6 is 0 Å². The highest BCUT2D eigenvalue weighted by molar-refractivity contribution is 6.04. The van der Waals surface area contributed by atoms with Gasteiger partial charge in [0.25, 0.3) is 5.91 Å². The van der Waals surface area contributed by atoms with Gasteiger partial charge in [0.2, 0.25) is 0 Å². The standard InChI is InChI=1S/C15H14NO2/c1-11-6-8-12(9-7-11)15(17)16-13-4-3-5-14(10-13)18-2/h3-10H,1H2,2H3,(H,16,17). The van der Waals surface area contributed by atoms with E-state index in [9.17, 15) is 4.79 Å². The Morgan fingerprint density at radius 1 is 1.17 bits per heavy atom. The molecule has 0 aromatic heterocycles. The van der Waals surface area contributed by atoms with Gasteiger partial charge in [-0.15, -0.1) is 0 Å². The van der Waals surface area contributed by atoms with Crippen LogP contribution in [0.15, 0.2) is 48.5 Å². The van der Waals surface area contributed by atoms with E-state index in [1.54, 1.807) is 37.4 Å². The third-order valence-corrected chi connectivity index (χ3v) is 2.54. The smallest absolute Gasteiger partial charge is 0.255 e. The van der Waals surface area contributed by atoms with E-state index in [-0.39, 0.29) is 5.91 Å². The molecule has 0 spiro atoms. The molecule has 3 nitrogen and oxygen atoms in total. The molecule has 0 saturated carbocycles. The van der Waals surface area contributed by atoms with Gasteiger partial charge in [0.15, 0.2) is 0 Å². The second kappa shape index (κ2) is 5.36. The highest BCUT2D eigenvalue weighted by Gasteiger charge is 2.05. The molecule has 0 heterocycles. The first-order valence-electron chi connectivity index (χ1n) is 5.56. The molecular weight excluding hydrogens is 226 g/mol. The third kappa shape index (κ3) is 2.88. The van der Waals surface area contributed by atoms with Gasteiger partial charge in [0.1, 0.15) is 5.75 Å². The molecule has 0 aliphatic heterocycles. The van der Waals surface area contributed by atoms with E-state index >= 15 is 0 Å². The first-order valence-corrected chi connectivity index (χ1v) is 5.56. The van der Waals surface area contributed by atoms with E-state index in [1.807, 2.05) is 18.2 Å². The molecule has 0 atom stereocenters. The van der Waals surface area contributed by atoms with Gasteiger partial charge in [-0.3, -0.25) is 4.79 Å². The summed E-state index contributed by atoms with van der Waals surface area (Å²) < 4.78 is 5.10. The predicted octanol–water partition coefficient (Wildman–Crippen LogP) is 3.13. The van der Waals surface area contributed by atoms with Gasteiger partial charge in [0.05, 0.1) is 7.11 Å². The number of ether oxygens (including phenoxy) is 1. The van der Waals surface area contributed by atoms with Crippen LogP contribution in [0, 0.1) is 6.92 Å². The van der Waals surface area contributed by atoms with Crippen LogP contribution in [0.25, 0.3) is 0 Å². The third-order valence-electron chi connectivity index (χ3n) is 2.54. The monoisotopic (exact) mass is 240 g/mol. The Kier molecular flexibility index (Phi) is 3.63. The minimum Gasteiger partial charge on any atom is -0.497 e.